The van der Waals surface area contributed by atoms with Crippen molar-refractivity contribution in [2.24, 2.45) is 5.41 Å². The van der Waals surface area contributed by atoms with E-state index < -0.39 is 0 Å². The number of benzene rings is 2. The lowest BCUT2D eigenvalue weighted by Crippen LogP contribution is -2.35. The first-order valence-electron chi connectivity index (χ1n) is 16.9. The van der Waals surface area contributed by atoms with Gasteiger partial charge < -0.3 is 29.4 Å². The molecule has 7 rings (SSSR count). The Morgan fingerprint density at radius 2 is 1.85 bits per heavy atom. The van der Waals surface area contributed by atoms with Gasteiger partial charge in [0.05, 0.1) is 31.1 Å². The number of aromatic nitrogens is 4. The fraction of sp³-hybridized carbons (Fsp3) is 0.500. The van der Waals surface area contributed by atoms with E-state index in [0.29, 0.717) is 62.9 Å². The van der Waals surface area contributed by atoms with Gasteiger partial charge in [-0.2, -0.15) is 15.1 Å². The van der Waals surface area contributed by atoms with Gasteiger partial charge in [-0.25, -0.2) is 4.39 Å². The lowest BCUT2D eigenvalue weighted by Gasteiger charge is -2.34. The van der Waals surface area contributed by atoms with E-state index in [9.17, 15) is 9.90 Å². The molecule has 0 unspecified atom stereocenters. The van der Waals surface area contributed by atoms with E-state index in [1.807, 2.05) is 17.7 Å². The van der Waals surface area contributed by atoms with Crippen molar-refractivity contribution in [2.75, 3.05) is 64.2 Å². The molecule has 0 atom stereocenters. The molecule has 1 N–H and O–H groups in total. The zero-order valence-corrected chi connectivity index (χ0v) is 28.6. The Bertz CT molecular complexity index is 1870. The van der Waals surface area contributed by atoms with E-state index in [4.69, 9.17) is 14.7 Å². The van der Waals surface area contributed by atoms with Gasteiger partial charge in [0.2, 0.25) is 0 Å². The maximum Gasteiger partial charge on any atom is 0.318 e. The summed E-state index contributed by atoms with van der Waals surface area (Å²) in [4.78, 5) is 31.0. The molecule has 0 bridgehead atoms. The number of anilines is 2. The summed E-state index contributed by atoms with van der Waals surface area (Å²) in [5.41, 5.74) is 4.90. The molecule has 1 amide bonds. The Morgan fingerprint density at radius 1 is 1.04 bits per heavy atom. The van der Waals surface area contributed by atoms with Crippen molar-refractivity contribution in [1.29, 1.82) is 0 Å². The molecule has 254 valence electrons. The highest BCUT2D eigenvalue weighted by Crippen LogP contribution is 2.46. The van der Waals surface area contributed by atoms with Crippen molar-refractivity contribution < 1.29 is 19.0 Å². The minimum absolute atomic E-state index is 0.112. The number of aromatic hydroxyl groups is 1. The van der Waals surface area contributed by atoms with Crippen LogP contribution in [-0.2, 0) is 32.5 Å². The molecule has 48 heavy (non-hydrogen) atoms. The number of carbonyl (C=O) groups excluding carboxylic acids is 1. The second kappa shape index (κ2) is 12.5. The van der Waals surface area contributed by atoms with E-state index in [2.05, 4.69) is 33.9 Å². The van der Waals surface area contributed by atoms with E-state index >= 15 is 4.39 Å². The van der Waals surface area contributed by atoms with Crippen LogP contribution in [0.15, 0.2) is 30.3 Å². The Hall–Kier alpha value is -4.45. The molecule has 3 aliphatic rings. The predicted octanol–water partition coefficient (Wildman–Crippen LogP) is 4.63. The Morgan fingerprint density at radius 3 is 2.58 bits per heavy atom. The number of hydrogen-bond acceptors (Lipinski definition) is 9. The molecule has 1 fully saturated rings. The summed E-state index contributed by atoms with van der Waals surface area (Å²) < 4.78 is 23.4. The van der Waals surface area contributed by atoms with Crippen LogP contribution in [0.5, 0.6) is 11.8 Å². The summed E-state index contributed by atoms with van der Waals surface area (Å²) >= 11 is 0. The number of hydrogen-bond donors (Lipinski definition) is 1. The number of halogens is 1. The molecule has 1 aliphatic carbocycles. The number of phenolic OH excluding ortho intramolecular Hbond substituents is 1. The quantitative estimate of drug-likeness (QED) is 0.276. The van der Waals surface area contributed by atoms with Crippen LogP contribution in [0, 0.1) is 11.2 Å². The van der Waals surface area contributed by atoms with Crippen molar-refractivity contribution in [2.45, 2.75) is 58.7 Å². The van der Waals surface area contributed by atoms with E-state index in [0.717, 1.165) is 71.6 Å². The first-order chi connectivity index (χ1) is 23.0. The van der Waals surface area contributed by atoms with Gasteiger partial charge >= 0.3 is 6.01 Å². The summed E-state index contributed by atoms with van der Waals surface area (Å²) in [5, 5.41) is 17.0. The largest absolute Gasteiger partial charge is 0.508 e. The van der Waals surface area contributed by atoms with Gasteiger partial charge in [0.15, 0.2) is 5.69 Å². The molecule has 0 spiro atoms. The summed E-state index contributed by atoms with van der Waals surface area (Å²) in [7, 11) is 7.65. The van der Waals surface area contributed by atoms with Gasteiger partial charge in [0.25, 0.3) is 5.91 Å². The van der Waals surface area contributed by atoms with Crippen molar-refractivity contribution in [1.82, 2.24) is 29.5 Å². The van der Waals surface area contributed by atoms with Gasteiger partial charge in [-0.05, 0) is 75.3 Å². The highest BCUT2D eigenvalue weighted by Gasteiger charge is 2.44. The Kier molecular flexibility index (Phi) is 8.39. The first kappa shape index (κ1) is 32.1. The van der Waals surface area contributed by atoms with Crippen LogP contribution in [-0.4, -0.2) is 95.0 Å². The Balaban J connectivity index is 1.26. The second-order valence-electron chi connectivity index (χ2n) is 14.1. The lowest BCUT2D eigenvalue weighted by atomic mass is 9.97. The number of fused-ring (bicyclic) bond motifs is 3. The fourth-order valence-electron chi connectivity index (χ4n) is 7.38. The zero-order chi connectivity index (χ0) is 33.7. The molecule has 0 radical (unpaired) electrons. The summed E-state index contributed by atoms with van der Waals surface area (Å²) in [6.45, 7) is 6.62. The molecule has 0 saturated heterocycles. The average Bonchev–Trinajstić information content (AvgIpc) is 3.75. The number of phenols is 1. The number of ether oxygens (including phenoxy) is 1. The summed E-state index contributed by atoms with van der Waals surface area (Å²) in [5.74, 6) is 0.642. The molecule has 11 nitrogen and oxygen atoms in total. The molecule has 12 heteroatoms. The third-order valence-electron chi connectivity index (χ3n) is 9.90. The van der Waals surface area contributed by atoms with Crippen LogP contribution in [0.2, 0.25) is 0 Å². The summed E-state index contributed by atoms with van der Waals surface area (Å²) in [6.07, 6.45) is 4.28. The van der Waals surface area contributed by atoms with Crippen LogP contribution in [0.3, 0.4) is 0 Å². The molecule has 2 aromatic heterocycles. The van der Waals surface area contributed by atoms with E-state index in [-0.39, 0.29) is 22.9 Å². The van der Waals surface area contributed by atoms with Gasteiger partial charge in [0.1, 0.15) is 17.4 Å². The van der Waals surface area contributed by atoms with Gasteiger partial charge in [-0.15, -0.1) is 0 Å². The highest BCUT2D eigenvalue weighted by molar-refractivity contribution is 5.98. The average molecular weight is 657 g/mol. The number of amides is 1. The number of nitrogens with zero attached hydrogens (tertiary/aromatic N) is 8. The van der Waals surface area contributed by atoms with Crippen LogP contribution in [0.1, 0.15) is 59.2 Å². The monoisotopic (exact) mass is 656 g/mol. The standard InChI is InChI=1S/C36H45FN8O3/c1-6-26-28(37)9-8-23-16-25(46)18-31(32(23)26)43-15-10-27-30(20-43)38-35(48-22-36(11-12-36)21-41(2)3)39-33(27)44-13-7-14-45-24(19-44)17-29(40-45)34(47)42(4)5/h8-9,16-18,46H,6-7,10-15,19-22H2,1-5H3. The second-order valence-corrected chi connectivity index (χ2v) is 14.1. The van der Waals surface area contributed by atoms with Gasteiger partial charge in [-0.1, -0.05) is 13.0 Å². The number of aryl methyl sites for hydroxylation is 2. The first-order valence-corrected chi connectivity index (χ1v) is 16.9. The third kappa shape index (κ3) is 6.13. The highest BCUT2D eigenvalue weighted by atomic mass is 19.1. The van der Waals surface area contributed by atoms with Crippen molar-refractivity contribution in [3.63, 3.8) is 0 Å². The third-order valence-corrected chi connectivity index (χ3v) is 9.90. The van der Waals surface area contributed by atoms with Crippen molar-refractivity contribution in [3.05, 3.63) is 64.4 Å². The fourth-order valence-corrected chi connectivity index (χ4v) is 7.38. The zero-order valence-electron chi connectivity index (χ0n) is 28.6. The molecular weight excluding hydrogens is 611 g/mol. The molecule has 4 aromatic rings. The normalized spacial score (nSPS) is 16.9. The van der Waals surface area contributed by atoms with Crippen LogP contribution >= 0.6 is 0 Å². The predicted molar refractivity (Wildman–Crippen MR) is 183 cm³/mol. The molecule has 4 heterocycles. The molecular formula is C36H45FN8O3. The van der Waals surface area contributed by atoms with E-state index in [1.165, 1.54) is 6.07 Å². The number of carbonyl (C=O) groups is 1. The van der Waals surface area contributed by atoms with E-state index in [1.54, 1.807) is 37.2 Å². The van der Waals surface area contributed by atoms with Crippen molar-refractivity contribution in [3.8, 4) is 11.8 Å². The topological polar surface area (TPSA) is 103 Å². The molecule has 2 aliphatic heterocycles. The minimum atomic E-state index is -0.239. The van der Waals surface area contributed by atoms with Crippen LogP contribution in [0.4, 0.5) is 15.9 Å². The lowest BCUT2D eigenvalue weighted by molar-refractivity contribution is 0.0821. The maximum absolute atomic E-state index is 15.1. The number of rotatable bonds is 9. The molecule has 1 saturated carbocycles. The maximum atomic E-state index is 15.1. The van der Waals surface area contributed by atoms with Crippen molar-refractivity contribution >= 4 is 28.2 Å². The smallest absolute Gasteiger partial charge is 0.318 e. The van der Waals surface area contributed by atoms with Gasteiger partial charge in [0, 0.05) is 68.4 Å². The minimum Gasteiger partial charge on any atom is -0.508 e. The van der Waals surface area contributed by atoms with Crippen LogP contribution < -0.4 is 14.5 Å². The van der Waals surface area contributed by atoms with Crippen LogP contribution in [0.25, 0.3) is 10.8 Å². The molecule has 2 aromatic carbocycles. The summed E-state index contributed by atoms with van der Waals surface area (Å²) in [6, 6.07) is 8.91. The Labute approximate surface area is 280 Å². The van der Waals surface area contributed by atoms with Gasteiger partial charge in [-0.3, -0.25) is 9.48 Å². The SMILES string of the molecule is CCc1c(F)ccc2cc(O)cc(N3CCc4c(nc(OCC5(CN(C)C)CC5)nc4N4CCCn5nc(C(=O)N(C)C)cc5C4)C3)c12.